The van der Waals surface area contributed by atoms with Gasteiger partial charge in [-0.15, -0.1) is 0 Å². The molecule has 1 aromatic heterocycles. The van der Waals surface area contributed by atoms with Crippen LogP contribution in [-0.2, 0) is 16.0 Å². The first-order valence-electron chi connectivity index (χ1n) is 6.90. The highest BCUT2D eigenvalue weighted by molar-refractivity contribution is 5.86. The Labute approximate surface area is 112 Å². The third-order valence-corrected chi connectivity index (χ3v) is 3.86. The van der Waals surface area contributed by atoms with Gasteiger partial charge in [-0.2, -0.15) is 0 Å². The van der Waals surface area contributed by atoms with Gasteiger partial charge < -0.3 is 9.15 Å². The molecule has 0 spiro atoms. The van der Waals surface area contributed by atoms with E-state index in [2.05, 4.69) is 19.1 Å². The molecule has 0 aromatic carbocycles. The molecule has 1 aliphatic carbocycles. The summed E-state index contributed by atoms with van der Waals surface area (Å²) in [7, 11) is 0. The molecule has 0 saturated heterocycles. The van der Waals surface area contributed by atoms with Crippen molar-refractivity contribution < 1.29 is 13.9 Å². The van der Waals surface area contributed by atoms with Crippen LogP contribution in [-0.4, -0.2) is 12.1 Å². The van der Waals surface area contributed by atoms with E-state index in [9.17, 15) is 4.79 Å². The Morgan fingerprint density at radius 1 is 1.37 bits per heavy atom. The van der Waals surface area contributed by atoms with Crippen LogP contribution in [0.4, 0.5) is 0 Å². The summed E-state index contributed by atoms with van der Waals surface area (Å²) in [4.78, 5) is 11.4. The molecule has 19 heavy (non-hydrogen) atoms. The first kappa shape index (κ1) is 12.3. The molecule has 0 unspecified atom stereocenters. The number of hydrogen-bond acceptors (Lipinski definition) is 3. The Morgan fingerprint density at radius 2 is 2.26 bits per heavy atom. The lowest BCUT2D eigenvalue weighted by molar-refractivity contribution is -0.138. The van der Waals surface area contributed by atoms with Gasteiger partial charge in [-0.1, -0.05) is 25.5 Å². The second-order valence-electron chi connectivity index (χ2n) is 5.23. The maximum absolute atomic E-state index is 11.4. The van der Waals surface area contributed by atoms with Crippen molar-refractivity contribution in [2.45, 2.75) is 44.6 Å². The molecule has 3 rings (SSSR count). The van der Waals surface area contributed by atoms with Crippen molar-refractivity contribution in [3.8, 4) is 0 Å². The van der Waals surface area contributed by atoms with Crippen molar-refractivity contribution in [1.29, 1.82) is 0 Å². The molecule has 1 aromatic rings. The van der Waals surface area contributed by atoms with Crippen molar-refractivity contribution in [2.24, 2.45) is 0 Å². The molecule has 3 nitrogen and oxygen atoms in total. The summed E-state index contributed by atoms with van der Waals surface area (Å²) < 4.78 is 10.7. The highest BCUT2D eigenvalue weighted by atomic mass is 16.5. The average molecular weight is 258 g/mol. The molecule has 0 fully saturated rings. The van der Waals surface area contributed by atoms with Crippen molar-refractivity contribution in [3.05, 3.63) is 47.5 Å². The zero-order valence-corrected chi connectivity index (χ0v) is 11.1. The molecule has 2 aliphatic rings. The van der Waals surface area contributed by atoms with Gasteiger partial charge in [0.2, 0.25) is 0 Å². The number of ether oxygens (including phenoxy) is 1. The molecular formula is C16H18O3. The third-order valence-electron chi connectivity index (χ3n) is 3.86. The van der Waals surface area contributed by atoms with Crippen LogP contribution in [0.2, 0.25) is 0 Å². The molecule has 1 aliphatic heterocycles. The van der Waals surface area contributed by atoms with Gasteiger partial charge in [-0.25, -0.2) is 4.79 Å². The van der Waals surface area contributed by atoms with Crippen LogP contribution in [0.1, 0.15) is 43.2 Å². The van der Waals surface area contributed by atoms with Gasteiger partial charge >= 0.3 is 5.97 Å². The van der Waals surface area contributed by atoms with E-state index in [-0.39, 0.29) is 12.1 Å². The number of esters is 1. The average Bonchev–Trinajstić information content (AvgIpc) is 2.95. The van der Waals surface area contributed by atoms with Gasteiger partial charge in [0.15, 0.2) is 0 Å². The third kappa shape index (κ3) is 2.37. The van der Waals surface area contributed by atoms with Crippen LogP contribution in [0, 0.1) is 0 Å². The second-order valence-corrected chi connectivity index (χ2v) is 5.23. The summed E-state index contributed by atoms with van der Waals surface area (Å²) in [5.74, 6) is 0.193. The highest BCUT2D eigenvalue weighted by Gasteiger charge is 2.28. The van der Waals surface area contributed by atoms with E-state index in [1.807, 2.05) is 6.26 Å². The van der Waals surface area contributed by atoms with Gasteiger partial charge in [0.1, 0.15) is 6.10 Å². The van der Waals surface area contributed by atoms with Crippen LogP contribution in [0.5, 0.6) is 0 Å². The van der Waals surface area contributed by atoms with Crippen LogP contribution < -0.4 is 0 Å². The molecule has 100 valence electrons. The zero-order chi connectivity index (χ0) is 13.2. The van der Waals surface area contributed by atoms with Crippen molar-refractivity contribution in [3.63, 3.8) is 0 Å². The number of allylic oxidation sites excluding steroid dienone is 1. The van der Waals surface area contributed by atoms with Gasteiger partial charge in [0.25, 0.3) is 0 Å². The lowest BCUT2D eigenvalue weighted by atomic mass is 9.91. The Hall–Kier alpha value is -1.77. The first-order valence-corrected chi connectivity index (χ1v) is 6.90. The van der Waals surface area contributed by atoms with Crippen molar-refractivity contribution in [2.75, 3.05) is 0 Å². The lowest BCUT2D eigenvalue weighted by Crippen LogP contribution is -2.11. The Morgan fingerprint density at radius 3 is 3.11 bits per heavy atom. The van der Waals surface area contributed by atoms with Crippen LogP contribution in [0.3, 0.4) is 0 Å². The van der Waals surface area contributed by atoms with Gasteiger partial charge in [-0.3, -0.25) is 0 Å². The molecular weight excluding hydrogens is 240 g/mol. The van der Waals surface area contributed by atoms with Crippen molar-refractivity contribution in [1.82, 2.24) is 0 Å². The Bertz CT molecular complexity index is 536. The summed E-state index contributed by atoms with van der Waals surface area (Å²) >= 11 is 0. The minimum Gasteiger partial charge on any atom is -0.472 e. The first-order chi connectivity index (χ1) is 9.28. The van der Waals surface area contributed by atoms with E-state index in [0.717, 1.165) is 31.3 Å². The predicted octanol–water partition coefficient (Wildman–Crippen LogP) is 3.52. The number of hydrogen-bond donors (Lipinski definition) is 0. The van der Waals surface area contributed by atoms with Crippen LogP contribution >= 0.6 is 0 Å². The molecule has 3 heteroatoms. The van der Waals surface area contributed by atoms with E-state index >= 15 is 0 Å². The van der Waals surface area contributed by atoms with E-state index in [1.165, 1.54) is 11.1 Å². The number of carbonyl (C=O) groups is 1. The topological polar surface area (TPSA) is 39.4 Å². The quantitative estimate of drug-likeness (QED) is 0.602. The Kier molecular flexibility index (Phi) is 3.28. The smallest absolute Gasteiger partial charge is 0.331 e. The van der Waals surface area contributed by atoms with E-state index in [1.54, 1.807) is 12.3 Å². The fraction of sp³-hybridized carbons (Fsp3) is 0.438. The van der Waals surface area contributed by atoms with Crippen molar-refractivity contribution >= 4 is 5.97 Å². The molecule has 0 N–H and O–H groups in total. The molecule has 2 atom stereocenters. The number of furan rings is 1. The number of fused-ring (bicyclic) bond motifs is 2. The predicted molar refractivity (Wildman–Crippen MR) is 71.8 cm³/mol. The minimum atomic E-state index is -0.218. The standard InChI is InChI=1S/C16H18O3/c1-2-4-11-5-3-6-15-12(8-16(17)19-15)7-13-9-18-10-14(11)13/h3,5,8-11,15H,2,4,6-7H2,1H3/b5-3-/t11-,15-/m0/s1. The minimum absolute atomic E-state index is 0.0909. The van der Waals surface area contributed by atoms with E-state index in [0.29, 0.717) is 5.92 Å². The van der Waals surface area contributed by atoms with Gasteiger partial charge in [0, 0.05) is 30.4 Å². The number of carbonyl (C=O) groups excluding carboxylic acids is 1. The fourth-order valence-electron chi connectivity index (χ4n) is 2.91. The van der Waals surface area contributed by atoms with Gasteiger partial charge in [-0.05, 0) is 17.6 Å². The van der Waals surface area contributed by atoms with E-state index < -0.39 is 0 Å². The molecule has 0 radical (unpaired) electrons. The second kappa shape index (κ2) is 5.08. The maximum Gasteiger partial charge on any atom is 0.331 e. The largest absolute Gasteiger partial charge is 0.472 e. The molecule has 0 saturated carbocycles. The van der Waals surface area contributed by atoms with E-state index in [4.69, 9.17) is 9.15 Å². The number of rotatable bonds is 2. The summed E-state index contributed by atoms with van der Waals surface area (Å²) in [5, 5.41) is 0. The van der Waals surface area contributed by atoms with Gasteiger partial charge in [0.05, 0.1) is 12.5 Å². The van der Waals surface area contributed by atoms with Crippen LogP contribution in [0.25, 0.3) is 0 Å². The Balaban J connectivity index is 1.96. The molecule has 0 bridgehead atoms. The monoisotopic (exact) mass is 258 g/mol. The fourth-order valence-corrected chi connectivity index (χ4v) is 2.91. The zero-order valence-electron chi connectivity index (χ0n) is 11.1. The summed E-state index contributed by atoms with van der Waals surface area (Å²) in [6.45, 7) is 2.19. The van der Waals surface area contributed by atoms with Crippen LogP contribution in [0.15, 0.2) is 40.7 Å². The molecule has 0 amide bonds. The normalized spacial score (nSPS) is 27.4. The molecule has 2 heterocycles. The summed E-state index contributed by atoms with van der Waals surface area (Å²) in [6.07, 6.45) is 13.3. The maximum atomic E-state index is 11.4. The lowest BCUT2D eigenvalue weighted by Gasteiger charge is -2.12. The highest BCUT2D eigenvalue weighted by Crippen LogP contribution is 2.33. The summed E-state index contributed by atoms with van der Waals surface area (Å²) in [6, 6.07) is 0. The SMILES string of the molecule is CCC[C@H]1/C=C\C[C@@H]2OC(=O)C=C2Cc2cocc21. The summed E-state index contributed by atoms with van der Waals surface area (Å²) in [5.41, 5.74) is 3.49.